The Morgan fingerprint density at radius 1 is 1.32 bits per heavy atom. The third-order valence-corrected chi connectivity index (χ3v) is 5.28. The number of amides is 1. The predicted molar refractivity (Wildman–Crippen MR) is 111 cm³/mol. The van der Waals surface area contributed by atoms with Crippen molar-refractivity contribution >= 4 is 50.4 Å². The van der Waals surface area contributed by atoms with E-state index in [-0.39, 0.29) is 5.91 Å². The number of aromatic nitrogens is 1. The van der Waals surface area contributed by atoms with Gasteiger partial charge in [0.25, 0.3) is 5.91 Å². The summed E-state index contributed by atoms with van der Waals surface area (Å²) in [6.45, 7) is 2.68. The predicted octanol–water partition coefficient (Wildman–Crippen LogP) is 3.67. The molecule has 0 saturated carbocycles. The minimum absolute atomic E-state index is 0.279. The van der Waals surface area contributed by atoms with E-state index in [1.165, 1.54) is 17.6 Å². The van der Waals surface area contributed by atoms with Gasteiger partial charge in [-0.2, -0.15) is 5.10 Å². The number of hydrogen-bond acceptors (Lipinski definition) is 7. The molecule has 0 saturated heterocycles. The van der Waals surface area contributed by atoms with Crippen LogP contribution in [0.2, 0.25) is 5.02 Å². The largest absolute Gasteiger partial charge is 0.486 e. The van der Waals surface area contributed by atoms with Gasteiger partial charge in [-0.05, 0) is 36.8 Å². The summed E-state index contributed by atoms with van der Waals surface area (Å²) in [5.74, 6) is 0.819. The Labute approximate surface area is 170 Å². The van der Waals surface area contributed by atoms with Crippen LogP contribution in [0.25, 0.3) is 10.2 Å². The summed E-state index contributed by atoms with van der Waals surface area (Å²) >= 11 is 7.69. The molecule has 1 amide bonds. The van der Waals surface area contributed by atoms with E-state index in [4.69, 9.17) is 21.1 Å². The first-order chi connectivity index (χ1) is 13.6. The van der Waals surface area contributed by atoms with E-state index in [1.54, 1.807) is 19.1 Å². The van der Waals surface area contributed by atoms with Gasteiger partial charge in [-0.15, -0.1) is 0 Å². The lowest BCUT2D eigenvalue weighted by Crippen LogP contribution is -2.34. The van der Waals surface area contributed by atoms with E-state index in [2.05, 4.69) is 20.8 Å². The second-order valence-electron chi connectivity index (χ2n) is 6.11. The zero-order valence-corrected chi connectivity index (χ0v) is 16.5. The van der Waals surface area contributed by atoms with Gasteiger partial charge in [-0.25, -0.2) is 10.4 Å². The average Bonchev–Trinajstić information content (AvgIpc) is 3.10. The lowest BCUT2D eigenvalue weighted by Gasteiger charge is -2.19. The second-order valence-corrected chi connectivity index (χ2v) is 7.55. The number of fused-ring (bicyclic) bond motifs is 2. The van der Waals surface area contributed by atoms with Crippen molar-refractivity contribution in [3.63, 3.8) is 0 Å². The van der Waals surface area contributed by atoms with E-state index in [1.807, 2.05) is 24.3 Å². The molecule has 0 radical (unpaired) electrons. The SMILES string of the molecule is C[C@@H](Nc1nc2ccccc2s1)C(=O)N/N=C\c1cc(Cl)c2c(c1)OCCO2. The van der Waals surface area contributed by atoms with E-state index in [0.29, 0.717) is 40.4 Å². The quantitative estimate of drug-likeness (QED) is 0.489. The van der Waals surface area contributed by atoms with Gasteiger partial charge < -0.3 is 14.8 Å². The summed E-state index contributed by atoms with van der Waals surface area (Å²) in [7, 11) is 0. The minimum atomic E-state index is -0.499. The minimum Gasteiger partial charge on any atom is -0.486 e. The van der Waals surface area contributed by atoms with Crippen molar-refractivity contribution in [2.24, 2.45) is 5.10 Å². The number of nitrogens with one attached hydrogen (secondary N) is 2. The van der Waals surface area contributed by atoms with Crippen LogP contribution in [0, 0.1) is 0 Å². The summed E-state index contributed by atoms with van der Waals surface area (Å²) in [6, 6.07) is 10.8. The first-order valence-corrected chi connectivity index (χ1v) is 9.84. The molecule has 0 unspecified atom stereocenters. The topological polar surface area (TPSA) is 84.8 Å². The summed E-state index contributed by atoms with van der Waals surface area (Å²) in [5, 5.41) is 8.22. The first-order valence-electron chi connectivity index (χ1n) is 8.64. The Balaban J connectivity index is 1.37. The van der Waals surface area contributed by atoms with Gasteiger partial charge in [0.05, 0.1) is 21.5 Å². The van der Waals surface area contributed by atoms with Gasteiger partial charge in [0.1, 0.15) is 19.3 Å². The molecule has 0 aliphatic carbocycles. The number of anilines is 1. The molecule has 2 N–H and O–H groups in total. The van der Waals surface area contributed by atoms with Crippen LogP contribution in [0.1, 0.15) is 12.5 Å². The summed E-state index contributed by atoms with van der Waals surface area (Å²) < 4.78 is 12.1. The van der Waals surface area contributed by atoms with E-state index in [0.717, 1.165) is 10.2 Å². The molecule has 1 aliphatic rings. The highest BCUT2D eigenvalue weighted by atomic mass is 35.5. The van der Waals surface area contributed by atoms with Crippen LogP contribution in [0.4, 0.5) is 5.13 Å². The Kier molecular flexibility index (Phi) is 5.31. The zero-order valence-electron chi connectivity index (χ0n) is 14.9. The van der Waals surface area contributed by atoms with Crippen LogP contribution in [0.5, 0.6) is 11.5 Å². The average molecular weight is 417 g/mol. The first kappa shape index (κ1) is 18.5. The fourth-order valence-electron chi connectivity index (χ4n) is 2.66. The van der Waals surface area contributed by atoms with Crippen molar-refractivity contribution < 1.29 is 14.3 Å². The molecule has 1 atom stereocenters. The van der Waals surface area contributed by atoms with Gasteiger partial charge in [0.2, 0.25) is 0 Å². The molecule has 0 spiro atoms. The van der Waals surface area contributed by atoms with Crippen LogP contribution in [0.3, 0.4) is 0 Å². The molecule has 2 aromatic carbocycles. The van der Waals surface area contributed by atoms with Gasteiger partial charge in [0, 0.05) is 0 Å². The van der Waals surface area contributed by atoms with Crippen LogP contribution in [-0.4, -0.2) is 36.4 Å². The third-order valence-electron chi connectivity index (χ3n) is 4.03. The molecular formula is C19H17ClN4O3S. The number of hydrazone groups is 1. The molecule has 0 fully saturated rings. The van der Waals surface area contributed by atoms with Gasteiger partial charge in [-0.3, -0.25) is 4.79 Å². The van der Waals surface area contributed by atoms with Crippen LogP contribution >= 0.6 is 22.9 Å². The molecule has 0 bridgehead atoms. The number of halogens is 1. The van der Waals surface area contributed by atoms with Crippen molar-refractivity contribution in [2.45, 2.75) is 13.0 Å². The lowest BCUT2D eigenvalue weighted by atomic mass is 10.2. The zero-order chi connectivity index (χ0) is 19.5. The third kappa shape index (κ3) is 4.02. The van der Waals surface area contributed by atoms with Crippen LogP contribution < -0.4 is 20.2 Å². The lowest BCUT2D eigenvalue weighted by molar-refractivity contribution is -0.121. The fraction of sp³-hybridized carbons (Fsp3) is 0.211. The van der Waals surface area contributed by atoms with Crippen molar-refractivity contribution in [2.75, 3.05) is 18.5 Å². The standard InChI is InChI=1S/C19H17ClN4O3S/c1-11(22-19-23-14-4-2-3-5-16(14)28-19)18(25)24-21-10-12-8-13(20)17-15(9-12)26-6-7-27-17/h2-5,8-11H,6-7H2,1H3,(H,22,23)(H,24,25)/b21-10-/t11-/m1/s1. The highest BCUT2D eigenvalue weighted by Gasteiger charge is 2.17. The normalized spacial score (nSPS) is 14.2. The molecule has 1 aliphatic heterocycles. The van der Waals surface area contributed by atoms with E-state index >= 15 is 0 Å². The molecule has 1 aromatic heterocycles. The second kappa shape index (κ2) is 8.04. The summed E-state index contributed by atoms with van der Waals surface area (Å²) in [6.07, 6.45) is 1.51. The van der Waals surface area contributed by atoms with E-state index in [9.17, 15) is 4.79 Å². The Hall–Kier alpha value is -2.84. The number of nitrogens with zero attached hydrogens (tertiary/aromatic N) is 2. The number of benzene rings is 2. The number of carbonyl (C=O) groups is 1. The van der Waals surface area contributed by atoms with Crippen molar-refractivity contribution in [3.05, 3.63) is 47.0 Å². The Bertz CT molecular complexity index is 1020. The molecular weight excluding hydrogens is 400 g/mol. The van der Waals surface area contributed by atoms with Gasteiger partial charge >= 0.3 is 0 Å². The maximum Gasteiger partial charge on any atom is 0.262 e. The number of carbonyl (C=O) groups excluding carboxylic acids is 1. The number of ether oxygens (including phenoxy) is 2. The van der Waals surface area contributed by atoms with Crippen LogP contribution in [-0.2, 0) is 4.79 Å². The van der Waals surface area contributed by atoms with Crippen molar-refractivity contribution in [3.8, 4) is 11.5 Å². The molecule has 7 nitrogen and oxygen atoms in total. The smallest absolute Gasteiger partial charge is 0.262 e. The molecule has 2 heterocycles. The number of para-hydroxylation sites is 1. The highest BCUT2D eigenvalue weighted by Crippen LogP contribution is 2.37. The molecule has 4 rings (SSSR count). The monoisotopic (exact) mass is 416 g/mol. The number of hydrogen-bond donors (Lipinski definition) is 2. The summed E-state index contributed by atoms with van der Waals surface area (Å²) in [5.41, 5.74) is 4.11. The maximum atomic E-state index is 12.3. The molecule has 144 valence electrons. The number of thiazole rings is 1. The Morgan fingerprint density at radius 3 is 3.00 bits per heavy atom. The number of rotatable bonds is 5. The fourth-order valence-corrected chi connectivity index (χ4v) is 3.88. The van der Waals surface area contributed by atoms with Crippen LogP contribution in [0.15, 0.2) is 41.5 Å². The maximum absolute atomic E-state index is 12.3. The molecule has 28 heavy (non-hydrogen) atoms. The van der Waals surface area contributed by atoms with Gasteiger partial charge in [-0.1, -0.05) is 35.1 Å². The molecule has 3 aromatic rings. The molecule has 9 heteroatoms. The van der Waals surface area contributed by atoms with Crippen molar-refractivity contribution in [1.82, 2.24) is 10.4 Å². The van der Waals surface area contributed by atoms with E-state index < -0.39 is 6.04 Å². The summed E-state index contributed by atoms with van der Waals surface area (Å²) in [4.78, 5) is 16.7. The Morgan fingerprint density at radius 2 is 2.14 bits per heavy atom. The highest BCUT2D eigenvalue weighted by molar-refractivity contribution is 7.22. The van der Waals surface area contributed by atoms with Gasteiger partial charge in [0.15, 0.2) is 16.6 Å². The van der Waals surface area contributed by atoms with Crippen molar-refractivity contribution in [1.29, 1.82) is 0 Å².